The van der Waals surface area contributed by atoms with Crippen LogP contribution in [0.3, 0.4) is 0 Å². The van der Waals surface area contributed by atoms with E-state index < -0.39 is 0 Å². The summed E-state index contributed by atoms with van der Waals surface area (Å²) in [6, 6.07) is 12.9. The Morgan fingerprint density at radius 2 is 1.54 bits per heavy atom. The van der Waals surface area contributed by atoms with Gasteiger partial charge in [0.15, 0.2) is 0 Å². The molecule has 1 aromatic carbocycles. The van der Waals surface area contributed by atoms with Crippen molar-refractivity contribution in [2.75, 3.05) is 0 Å². The fourth-order valence-corrected chi connectivity index (χ4v) is 3.16. The molecule has 3 nitrogen and oxygen atoms in total. The molecule has 0 aliphatic rings. The van der Waals surface area contributed by atoms with Crippen LogP contribution in [0.5, 0.6) is 0 Å². The van der Waals surface area contributed by atoms with E-state index >= 15 is 0 Å². The first-order chi connectivity index (χ1) is 11.5. The van der Waals surface area contributed by atoms with E-state index in [0.717, 1.165) is 17.1 Å². The number of rotatable bonds is 4. The molecule has 24 heavy (non-hydrogen) atoms. The summed E-state index contributed by atoms with van der Waals surface area (Å²) in [6.07, 6.45) is 1.88. The highest BCUT2D eigenvalue weighted by atomic mass is 15.1. The summed E-state index contributed by atoms with van der Waals surface area (Å²) in [5.41, 5.74) is 8.18. The van der Waals surface area contributed by atoms with Crippen LogP contribution in [0.4, 0.5) is 0 Å². The van der Waals surface area contributed by atoms with Gasteiger partial charge in [0.2, 0.25) is 0 Å². The summed E-state index contributed by atoms with van der Waals surface area (Å²) in [6.45, 7) is 11.0. The number of nitrogens with zero attached hydrogens (tertiary/aromatic N) is 2. The van der Waals surface area contributed by atoms with Gasteiger partial charge in [0.05, 0.1) is 5.69 Å². The van der Waals surface area contributed by atoms with E-state index in [1.54, 1.807) is 0 Å². The highest BCUT2D eigenvalue weighted by molar-refractivity contribution is 5.75. The summed E-state index contributed by atoms with van der Waals surface area (Å²) in [7, 11) is 0. The summed E-state index contributed by atoms with van der Waals surface area (Å²) < 4.78 is 0. The molecule has 0 amide bonds. The number of H-pyrrole nitrogens is 1. The highest BCUT2D eigenvalue weighted by Crippen LogP contribution is 2.36. The van der Waals surface area contributed by atoms with Gasteiger partial charge in [-0.2, -0.15) is 5.10 Å². The zero-order valence-corrected chi connectivity index (χ0v) is 15.1. The number of nitrogens with one attached hydrogen (secondary N) is 1. The Morgan fingerprint density at radius 1 is 0.875 bits per heavy atom. The molecule has 0 bridgehead atoms. The fourth-order valence-electron chi connectivity index (χ4n) is 3.16. The Bertz CT molecular complexity index is 818. The van der Waals surface area contributed by atoms with Crippen LogP contribution in [0.15, 0.2) is 42.6 Å². The number of hydrogen-bond acceptors (Lipinski definition) is 2. The Labute approximate surface area is 144 Å². The molecule has 0 saturated heterocycles. The number of benzene rings is 1. The standard InChI is InChI=1S/C21H25N3/c1-13(2)17-7-6-8-18(14(3)4)21(17)16-9-10-22-19(12-16)20-11-15(5)23-24-20/h6-14H,1-5H3,(H,23,24). The van der Waals surface area contributed by atoms with Gasteiger partial charge in [0.1, 0.15) is 5.69 Å². The fraction of sp³-hybridized carbons (Fsp3) is 0.333. The Balaban J connectivity index is 2.19. The van der Waals surface area contributed by atoms with Crippen molar-refractivity contribution >= 4 is 0 Å². The number of pyridine rings is 1. The third-order valence-electron chi connectivity index (χ3n) is 4.39. The topological polar surface area (TPSA) is 41.6 Å². The first-order valence-electron chi connectivity index (χ1n) is 8.59. The molecule has 2 aromatic heterocycles. The quantitative estimate of drug-likeness (QED) is 0.670. The SMILES string of the molecule is Cc1cc(-c2cc(-c3c(C(C)C)cccc3C(C)C)ccn2)n[nH]1. The van der Waals surface area contributed by atoms with E-state index in [1.165, 1.54) is 22.3 Å². The average molecular weight is 319 g/mol. The van der Waals surface area contributed by atoms with Gasteiger partial charge in [-0.05, 0) is 59.2 Å². The second-order valence-electron chi connectivity index (χ2n) is 6.99. The molecule has 124 valence electrons. The highest BCUT2D eigenvalue weighted by Gasteiger charge is 2.16. The van der Waals surface area contributed by atoms with Crippen LogP contribution in [-0.2, 0) is 0 Å². The largest absolute Gasteiger partial charge is 0.282 e. The Morgan fingerprint density at radius 3 is 2.08 bits per heavy atom. The first-order valence-corrected chi connectivity index (χ1v) is 8.59. The van der Waals surface area contributed by atoms with Crippen molar-refractivity contribution in [1.82, 2.24) is 15.2 Å². The number of hydrogen-bond donors (Lipinski definition) is 1. The van der Waals surface area contributed by atoms with Crippen molar-refractivity contribution in [2.45, 2.75) is 46.5 Å². The van der Waals surface area contributed by atoms with Gasteiger partial charge in [0, 0.05) is 11.9 Å². The predicted molar refractivity (Wildman–Crippen MR) is 100 cm³/mol. The molecular formula is C21H25N3. The van der Waals surface area contributed by atoms with Crippen molar-refractivity contribution in [3.8, 4) is 22.5 Å². The van der Waals surface area contributed by atoms with Gasteiger partial charge in [0.25, 0.3) is 0 Å². The van der Waals surface area contributed by atoms with E-state index in [-0.39, 0.29) is 0 Å². The van der Waals surface area contributed by atoms with E-state index in [1.807, 2.05) is 19.2 Å². The van der Waals surface area contributed by atoms with E-state index in [2.05, 4.69) is 73.2 Å². The van der Waals surface area contributed by atoms with Gasteiger partial charge < -0.3 is 0 Å². The molecule has 0 unspecified atom stereocenters. The minimum atomic E-state index is 0.475. The molecule has 0 spiro atoms. The van der Waals surface area contributed by atoms with Crippen LogP contribution in [0.25, 0.3) is 22.5 Å². The van der Waals surface area contributed by atoms with Crippen LogP contribution in [0.1, 0.15) is 56.4 Å². The molecule has 3 rings (SSSR count). The number of aryl methyl sites for hydroxylation is 1. The maximum absolute atomic E-state index is 4.52. The van der Waals surface area contributed by atoms with Crippen molar-refractivity contribution in [2.24, 2.45) is 0 Å². The normalized spacial score (nSPS) is 11.5. The predicted octanol–water partition coefficient (Wildman–Crippen LogP) is 5.69. The summed E-state index contributed by atoms with van der Waals surface area (Å²) in [4.78, 5) is 4.52. The minimum Gasteiger partial charge on any atom is -0.282 e. The van der Waals surface area contributed by atoms with E-state index in [0.29, 0.717) is 11.8 Å². The van der Waals surface area contributed by atoms with Gasteiger partial charge in [-0.25, -0.2) is 0 Å². The lowest BCUT2D eigenvalue weighted by Crippen LogP contribution is -2.00. The lowest BCUT2D eigenvalue weighted by atomic mass is 9.85. The van der Waals surface area contributed by atoms with Crippen LogP contribution in [0, 0.1) is 6.92 Å². The summed E-state index contributed by atoms with van der Waals surface area (Å²) in [5, 5.41) is 7.34. The maximum atomic E-state index is 4.52. The molecule has 0 radical (unpaired) electrons. The van der Waals surface area contributed by atoms with Crippen LogP contribution in [-0.4, -0.2) is 15.2 Å². The Kier molecular flexibility index (Phi) is 4.52. The lowest BCUT2D eigenvalue weighted by Gasteiger charge is -2.20. The molecule has 0 atom stereocenters. The van der Waals surface area contributed by atoms with E-state index in [9.17, 15) is 0 Å². The van der Waals surface area contributed by atoms with Crippen LogP contribution < -0.4 is 0 Å². The number of aromatic nitrogens is 3. The molecule has 0 fully saturated rings. The smallest absolute Gasteiger partial charge is 0.111 e. The third kappa shape index (κ3) is 3.12. The second kappa shape index (κ2) is 6.60. The van der Waals surface area contributed by atoms with Gasteiger partial charge in [-0.1, -0.05) is 45.9 Å². The monoisotopic (exact) mass is 319 g/mol. The number of aromatic amines is 1. The molecular weight excluding hydrogens is 294 g/mol. The molecule has 0 saturated carbocycles. The molecule has 2 heterocycles. The third-order valence-corrected chi connectivity index (χ3v) is 4.39. The lowest BCUT2D eigenvalue weighted by molar-refractivity contribution is 0.838. The minimum absolute atomic E-state index is 0.475. The average Bonchev–Trinajstić information content (AvgIpc) is 3.00. The van der Waals surface area contributed by atoms with Crippen molar-refractivity contribution in [3.05, 3.63) is 59.4 Å². The van der Waals surface area contributed by atoms with Crippen LogP contribution >= 0.6 is 0 Å². The van der Waals surface area contributed by atoms with Crippen molar-refractivity contribution < 1.29 is 0 Å². The molecule has 0 aliphatic heterocycles. The van der Waals surface area contributed by atoms with E-state index in [4.69, 9.17) is 0 Å². The maximum Gasteiger partial charge on any atom is 0.111 e. The van der Waals surface area contributed by atoms with Crippen LogP contribution in [0.2, 0.25) is 0 Å². The molecule has 3 heteroatoms. The second-order valence-corrected chi connectivity index (χ2v) is 6.99. The Hall–Kier alpha value is -2.42. The van der Waals surface area contributed by atoms with Gasteiger partial charge in [-0.3, -0.25) is 10.1 Å². The zero-order chi connectivity index (χ0) is 17.3. The van der Waals surface area contributed by atoms with Crippen molar-refractivity contribution in [3.63, 3.8) is 0 Å². The summed E-state index contributed by atoms with van der Waals surface area (Å²) in [5.74, 6) is 0.950. The van der Waals surface area contributed by atoms with Crippen molar-refractivity contribution in [1.29, 1.82) is 0 Å². The molecule has 0 aliphatic carbocycles. The first kappa shape index (κ1) is 16.4. The zero-order valence-electron chi connectivity index (χ0n) is 15.1. The van der Waals surface area contributed by atoms with Gasteiger partial charge >= 0.3 is 0 Å². The summed E-state index contributed by atoms with van der Waals surface area (Å²) >= 11 is 0. The van der Waals surface area contributed by atoms with Gasteiger partial charge in [-0.15, -0.1) is 0 Å². The molecule has 3 aromatic rings. The molecule has 1 N–H and O–H groups in total.